The summed E-state index contributed by atoms with van der Waals surface area (Å²) in [4.78, 5) is 0. The van der Waals surface area contributed by atoms with Gasteiger partial charge in [-0.05, 0) is 17.6 Å². The van der Waals surface area contributed by atoms with Crippen molar-refractivity contribution >= 4 is 37.7 Å². The van der Waals surface area contributed by atoms with Gasteiger partial charge in [-0.1, -0.05) is 6.07 Å². The first-order valence-electron chi connectivity index (χ1n) is 6.68. The molecule has 0 atom stereocenters. The van der Waals surface area contributed by atoms with Crippen molar-refractivity contribution in [3.05, 3.63) is 78.8 Å². The summed E-state index contributed by atoms with van der Waals surface area (Å²) in [6, 6.07) is 15.0. The fraction of sp³-hybridized carbons (Fsp3) is 0.0588. The Balaban J connectivity index is 0.000000184. The molecule has 1 nitrogen and oxygen atoms in total. The van der Waals surface area contributed by atoms with Gasteiger partial charge in [0.25, 0.3) is 0 Å². The Bertz CT molecular complexity index is 689. The van der Waals surface area contributed by atoms with E-state index in [0.717, 1.165) is 6.42 Å². The van der Waals surface area contributed by atoms with Crippen LogP contribution in [-0.4, -0.2) is 4.33 Å². The van der Waals surface area contributed by atoms with Crippen LogP contribution in [0.5, 0.6) is 0 Å². The molecule has 4 rings (SSSR count). The number of hydrogen-bond acceptors (Lipinski definition) is 0. The van der Waals surface area contributed by atoms with Crippen LogP contribution in [0.2, 0.25) is 0 Å². The second-order valence-electron chi connectivity index (χ2n) is 4.37. The van der Waals surface area contributed by atoms with Gasteiger partial charge in [0.1, 0.15) is 0 Å². The average Bonchev–Trinajstić information content (AvgIpc) is 3.29. The van der Waals surface area contributed by atoms with Crippen LogP contribution in [0.4, 0.5) is 0 Å². The second-order valence-corrected chi connectivity index (χ2v) is 7.91. The first kappa shape index (κ1) is 17.7. The van der Waals surface area contributed by atoms with Crippen molar-refractivity contribution in [1.82, 2.24) is 4.33 Å². The molecule has 0 N–H and O–H groups in total. The van der Waals surface area contributed by atoms with Gasteiger partial charge in [0.05, 0.1) is 0 Å². The Hall–Kier alpha value is -0.686. The van der Waals surface area contributed by atoms with E-state index in [4.69, 9.17) is 18.6 Å². The standard InChI is InChI=1S/C12H9NP.C5H5.2ClH.Ti/c1-2-5-11-9-12(8-10(11)4-1)13-6-3-7-14-13;1-2-4-5-3-1;;;/h1-9H;1-3H,4H2;2*1H;/q2*-1;;;+2/p-2. The van der Waals surface area contributed by atoms with Gasteiger partial charge in [-0.25, -0.2) is 12.2 Å². The predicted octanol–water partition coefficient (Wildman–Crippen LogP) is 6.61. The van der Waals surface area contributed by atoms with Gasteiger partial charge in [0.2, 0.25) is 0 Å². The Labute approximate surface area is 149 Å². The SMILES string of the molecule is [C-]1=CC=CC1.[Cl][Ti][Cl].c1ccc2[cH-]c(-n3cccp3)cc2c1. The van der Waals surface area contributed by atoms with E-state index in [-0.39, 0.29) is 0 Å². The molecule has 0 fully saturated rings. The smallest absolute Gasteiger partial charge is 0.0166 e. The van der Waals surface area contributed by atoms with Gasteiger partial charge >= 0.3 is 35.6 Å². The topological polar surface area (TPSA) is 4.93 Å². The molecule has 0 aliphatic heterocycles. The van der Waals surface area contributed by atoms with Crippen molar-refractivity contribution in [2.75, 3.05) is 0 Å². The van der Waals surface area contributed by atoms with Gasteiger partial charge < -0.3 is 4.33 Å². The van der Waals surface area contributed by atoms with E-state index >= 15 is 0 Å². The molecule has 0 bridgehead atoms. The summed E-state index contributed by atoms with van der Waals surface area (Å²) in [5.41, 5.74) is 1.28. The van der Waals surface area contributed by atoms with Gasteiger partial charge in [-0.2, -0.15) is 6.08 Å². The minimum Gasteiger partial charge on any atom is -0.319 e. The predicted molar refractivity (Wildman–Crippen MR) is 94.7 cm³/mol. The Kier molecular flexibility index (Phi) is 8.16. The maximum atomic E-state index is 4.89. The van der Waals surface area contributed by atoms with E-state index in [1.54, 1.807) is 0 Å². The van der Waals surface area contributed by atoms with Crippen LogP contribution in [0.1, 0.15) is 6.42 Å². The molecule has 22 heavy (non-hydrogen) atoms. The van der Waals surface area contributed by atoms with Crippen LogP contribution in [0.3, 0.4) is 0 Å². The number of rotatable bonds is 1. The molecule has 0 saturated carbocycles. The first-order valence-corrected chi connectivity index (χ1v) is 11.9. The van der Waals surface area contributed by atoms with Crippen molar-refractivity contribution in [3.8, 4) is 5.69 Å². The van der Waals surface area contributed by atoms with Crippen LogP contribution in [0, 0.1) is 6.08 Å². The number of halogens is 2. The maximum Gasteiger partial charge on any atom is 0.0166 e. The second kappa shape index (κ2) is 10.2. The zero-order valence-corrected chi connectivity index (χ0v) is 15.8. The number of benzene rings is 1. The molecule has 112 valence electrons. The van der Waals surface area contributed by atoms with Gasteiger partial charge in [-0.3, -0.25) is 6.08 Å². The molecule has 1 aliphatic rings. The van der Waals surface area contributed by atoms with Gasteiger partial charge in [0, 0.05) is 14.5 Å². The first-order chi connectivity index (χ1) is 10.8. The molecular weight excluding hydrogens is 368 g/mol. The summed E-state index contributed by atoms with van der Waals surface area (Å²) in [7, 11) is 11.0. The maximum absolute atomic E-state index is 4.89. The largest absolute Gasteiger partial charge is 0.319 e. The van der Waals surface area contributed by atoms with E-state index in [2.05, 4.69) is 70.9 Å². The Morgan fingerprint density at radius 1 is 1.23 bits per heavy atom. The van der Waals surface area contributed by atoms with Crippen molar-refractivity contribution < 1.29 is 17.0 Å². The quantitative estimate of drug-likeness (QED) is 0.330. The molecule has 2 aromatic carbocycles. The summed E-state index contributed by atoms with van der Waals surface area (Å²) in [5, 5.41) is 2.64. The number of allylic oxidation sites excluding steroid dienone is 4. The van der Waals surface area contributed by atoms with E-state index in [9.17, 15) is 0 Å². The third-order valence-corrected chi connectivity index (χ3v) is 3.88. The summed E-state index contributed by atoms with van der Waals surface area (Å²) in [6.45, 7) is 0. The van der Waals surface area contributed by atoms with E-state index in [1.165, 1.54) is 24.8 Å². The third kappa shape index (κ3) is 5.50. The average molecular weight is 382 g/mol. The zero-order chi connectivity index (χ0) is 15.6. The zero-order valence-electron chi connectivity index (χ0n) is 11.8. The molecule has 1 aromatic heterocycles. The molecule has 3 aromatic rings. The minimum atomic E-state index is -0.556. The molecule has 0 saturated heterocycles. The normalized spacial score (nSPS) is 11.9. The summed E-state index contributed by atoms with van der Waals surface area (Å²) >= 11 is -0.556. The fourth-order valence-electron chi connectivity index (χ4n) is 2.03. The molecule has 0 radical (unpaired) electrons. The van der Waals surface area contributed by atoms with Gasteiger partial charge in [-0.15, -0.1) is 47.5 Å². The number of aromatic nitrogens is 1. The monoisotopic (exact) mass is 381 g/mol. The minimum absolute atomic E-state index is 0.556. The van der Waals surface area contributed by atoms with Crippen LogP contribution in [0.25, 0.3) is 16.5 Å². The van der Waals surface area contributed by atoms with Crippen LogP contribution in [-0.2, 0) is 17.0 Å². The summed E-state index contributed by atoms with van der Waals surface area (Å²) in [5.74, 6) is 2.14. The molecule has 1 heterocycles. The van der Waals surface area contributed by atoms with Crippen molar-refractivity contribution in [2.24, 2.45) is 0 Å². The third-order valence-electron chi connectivity index (χ3n) is 2.96. The summed E-state index contributed by atoms with van der Waals surface area (Å²) < 4.78 is 2.22. The molecule has 5 heteroatoms. The van der Waals surface area contributed by atoms with Crippen LogP contribution < -0.4 is 0 Å². The number of nitrogens with zero attached hydrogens (tertiary/aromatic N) is 1. The van der Waals surface area contributed by atoms with E-state index < -0.39 is 17.0 Å². The van der Waals surface area contributed by atoms with Crippen LogP contribution >= 0.6 is 27.0 Å². The number of hydrogen-bond donors (Lipinski definition) is 0. The van der Waals surface area contributed by atoms with Crippen LogP contribution in [0.15, 0.2) is 72.7 Å². The molecule has 0 unspecified atom stereocenters. The Morgan fingerprint density at radius 2 is 2.05 bits per heavy atom. The van der Waals surface area contributed by atoms with E-state index in [0.29, 0.717) is 0 Å². The fourth-order valence-corrected chi connectivity index (χ4v) is 2.73. The van der Waals surface area contributed by atoms with Crippen molar-refractivity contribution in [3.63, 3.8) is 0 Å². The molecule has 0 spiro atoms. The molecular formula is C17H14Cl2NPTi-2. The number of fused-ring (bicyclic) bond motifs is 1. The van der Waals surface area contributed by atoms with Crippen molar-refractivity contribution in [2.45, 2.75) is 6.42 Å². The van der Waals surface area contributed by atoms with Gasteiger partial charge in [0.15, 0.2) is 0 Å². The van der Waals surface area contributed by atoms with E-state index in [1.807, 2.05) is 12.2 Å². The van der Waals surface area contributed by atoms with Crippen molar-refractivity contribution in [1.29, 1.82) is 0 Å². The molecule has 1 aliphatic carbocycles. The summed E-state index contributed by atoms with van der Waals surface area (Å²) in [6.07, 6.45) is 12.1. The molecule has 0 amide bonds. The Morgan fingerprint density at radius 3 is 2.59 bits per heavy atom.